The number of hydrogen-bond donors (Lipinski definition) is 1. The van der Waals surface area contributed by atoms with Crippen LogP contribution in [0.2, 0.25) is 25.7 Å². The molecular formula is C13H20N6OSi. The number of ether oxygens (including phenoxy) is 1. The molecule has 8 heteroatoms. The lowest BCUT2D eigenvalue weighted by Gasteiger charge is -2.15. The molecule has 3 aromatic heterocycles. The molecule has 2 N–H and O–H groups in total. The lowest BCUT2D eigenvalue weighted by molar-refractivity contribution is 0.0799. The molecule has 0 aliphatic heterocycles. The van der Waals surface area contributed by atoms with E-state index >= 15 is 0 Å². The van der Waals surface area contributed by atoms with Crippen molar-refractivity contribution in [1.29, 1.82) is 0 Å². The molecule has 0 amide bonds. The van der Waals surface area contributed by atoms with Crippen molar-refractivity contribution in [2.75, 3.05) is 12.3 Å². The van der Waals surface area contributed by atoms with Crippen molar-refractivity contribution in [2.45, 2.75) is 32.4 Å². The van der Waals surface area contributed by atoms with Crippen LogP contribution >= 0.6 is 0 Å². The fourth-order valence-corrected chi connectivity index (χ4v) is 2.88. The summed E-state index contributed by atoms with van der Waals surface area (Å²) in [4.78, 5) is 4.40. The molecule has 7 nitrogen and oxygen atoms in total. The van der Waals surface area contributed by atoms with Gasteiger partial charge in [-0.3, -0.25) is 4.40 Å². The van der Waals surface area contributed by atoms with Gasteiger partial charge >= 0.3 is 0 Å². The molecule has 0 saturated heterocycles. The van der Waals surface area contributed by atoms with Crippen molar-refractivity contribution in [1.82, 2.24) is 24.4 Å². The van der Waals surface area contributed by atoms with Gasteiger partial charge in [0.25, 0.3) is 0 Å². The average Bonchev–Trinajstić information content (AvgIpc) is 2.98. The van der Waals surface area contributed by atoms with Crippen molar-refractivity contribution in [2.24, 2.45) is 0 Å². The van der Waals surface area contributed by atoms with Gasteiger partial charge in [-0.1, -0.05) is 24.9 Å². The Bertz CT molecular complexity index is 772. The number of aromatic nitrogens is 5. The third kappa shape index (κ3) is 2.77. The number of nitrogens with zero attached hydrogens (tertiary/aromatic N) is 5. The number of anilines is 1. The van der Waals surface area contributed by atoms with Crippen molar-refractivity contribution >= 4 is 30.7 Å². The lowest BCUT2D eigenvalue weighted by atomic mass is 10.5. The van der Waals surface area contributed by atoms with E-state index in [2.05, 4.69) is 34.9 Å². The van der Waals surface area contributed by atoms with Gasteiger partial charge in [-0.15, -0.1) is 5.10 Å². The topological polar surface area (TPSA) is 83.3 Å². The zero-order chi connectivity index (χ0) is 15.0. The minimum absolute atomic E-state index is 0.362. The molecular weight excluding hydrogens is 284 g/mol. The Balaban J connectivity index is 1.81. The molecule has 3 aromatic rings. The SMILES string of the molecule is C[Si](C)(C)CCOCn1nnc2c1ncc1ccc(N)n12. The Labute approximate surface area is 123 Å². The highest BCUT2D eigenvalue weighted by Crippen LogP contribution is 2.17. The predicted octanol–water partition coefficient (Wildman–Crippen LogP) is 1.97. The Morgan fingerprint density at radius 2 is 2.05 bits per heavy atom. The van der Waals surface area contributed by atoms with Crippen LogP contribution in [0.5, 0.6) is 0 Å². The standard InChI is InChI=1S/C13H20N6OSi/c1-21(2,3)7-6-20-9-18-12-13(16-17-18)19-10(8-15-12)4-5-11(19)14/h4-5,8H,6-7,9,14H2,1-3H3. The van der Waals surface area contributed by atoms with Gasteiger partial charge in [0.1, 0.15) is 12.5 Å². The van der Waals surface area contributed by atoms with Crippen LogP contribution in [-0.2, 0) is 11.5 Å². The first-order valence-corrected chi connectivity index (χ1v) is 10.7. The van der Waals surface area contributed by atoms with Crippen molar-refractivity contribution < 1.29 is 4.74 Å². The fourth-order valence-electron chi connectivity index (χ4n) is 2.13. The number of nitrogen functional groups attached to an aromatic ring is 1. The summed E-state index contributed by atoms with van der Waals surface area (Å²) >= 11 is 0. The van der Waals surface area contributed by atoms with E-state index in [4.69, 9.17) is 10.5 Å². The minimum Gasteiger partial charge on any atom is -0.385 e. The van der Waals surface area contributed by atoms with Gasteiger partial charge in [0.05, 0.1) is 11.7 Å². The lowest BCUT2D eigenvalue weighted by Crippen LogP contribution is -2.22. The Morgan fingerprint density at radius 1 is 1.24 bits per heavy atom. The summed E-state index contributed by atoms with van der Waals surface area (Å²) in [5, 5.41) is 8.28. The molecule has 0 fully saturated rings. The van der Waals surface area contributed by atoms with Crippen molar-refractivity contribution in [3.05, 3.63) is 18.3 Å². The Kier molecular flexibility index (Phi) is 3.42. The quantitative estimate of drug-likeness (QED) is 0.575. The van der Waals surface area contributed by atoms with Crippen LogP contribution in [0.25, 0.3) is 16.8 Å². The van der Waals surface area contributed by atoms with E-state index in [0.717, 1.165) is 18.2 Å². The van der Waals surface area contributed by atoms with Crippen LogP contribution in [0.3, 0.4) is 0 Å². The highest BCUT2D eigenvalue weighted by molar-refractivity contribution is 6.76. The molecule has 0 aliphatic carbocycles. The third-order valence-corrected chi connectivity index (χ3v) is 5.08. The number of hydrogen-bond acceptors (Lipinski definition) is 5. The van der Waals surface area contributed by atoms with Gasteiger partial charge in [-0.2, -0.15) is 4.68 Å². The van der Waals surface area contributed by atoms with Gasteiger partial charge in [-0.25, -0.2) is 4.98 Å². The maximum atomic E-state index is 5.95. The van der Waals surface area contributed by atoms with Crippen LogP contribution in [0.15, 0.2) is 18.3 Å². The highest BCUT2D eigenvalue weighted by Gasteiger charge is 2.14. The van der Waals surface area contributed by atoms with Gasteiger partial charge in [0.2, 0.25) is 5.65 Å². The van der Waals surface area contributed by atoms with E-state index < -0.39 is 8.07 Å². The predicted molar refractivity (Wildman–Crippen MR) is 84.8 cm³/mol. The van der Waals surface area contributed by atoms with Crippen LogP contribution in [0.1, 0.15) is 0 Å². The molecule has 3 rings (SSSR count). The molecule has 21 heavy (non-hydrogen) atoms. The second-order valence-electron chi connectivity index (χ2n) is 6.36. The molecule has 0 aliphatic rings. The van der Waals surface area contributed by atoms with Gasteiger partial charge < -0.3 is 10.5 Å². The summed E-state index contributed by atoms with van der Waals surface area (Å²) in [6.45, 7) is 8.09. The van der Waals surface area contributed by atoms with E-state index in [-0.39, 0.29) is 0 Å². The zero-order valence-electron chi connectivity index (χ0n) is 12.6. The first-order chi connectivity index (χ1) is 9.96. The third-order valence-electron chi connectivity index (χ3n) is 3.37. The average molecular weight is 304 g/mol. The highest BCUT2D eigenvalue weighted by atomic mass is 28.3. The van der Waals surface area contributed by atoms with E-state index in [1.54, 1.807) is 10.9 Å². The monoisotopic (exact) mass is 304 g/mol. The molecule has 0 aromatic carbocycles. The zero-order valence-corrected chi connectivity index (χ0v) is 13.6. The van der Waals surface area contributed by atoms with E-state index in [9.17, 15) is 0 Å². The maximum absolute atomic E-state index is 5.95. The maximum Gasteiger partial charge on any atom is 0.208 e. The number of rotatable bonds is 5. The fraction of sp³-hybridized carbons (Fsp3) is 0.462. The van der Waals surface area contributed by atoms with Crippen molar-refractivity contribution in [3.63, 3.8) is 0 Å². The molecule has 0 saturated carbocycles. The smallest absolute Gasteiger partial charge is 0.208 e. The number of nitrogens with two attached hydrogens (primary N) is 1. The first-order valence-electron chi connectivity index (χ1n) is 6.99. The molecule has 0 unspecified atom stereocenters. The second kappa shape index (κ2) is 5.12. The summed E-state index contributed by atoms with van der Waals surface area (Å²) < 4.78 is 9.21. The summed E-state index contributed by atoms with van der Waals surface area (Å²) in [5.74, 6) is 0.629. The molecule has 112 valence electrons. The summed E-state index contributed by atoms with van der Waals surface area (Å²) in [6, 6.07) is 4.87. The molecule has 0 atom stereocenters. The van der Waals surface area contributed by atoms with Crippen LogP contribution in [-0.4, -0.2) is 39.1 Å². The second-order valence-corrected chi connectivity index (χ2v) is 12.0. The Hall–Kier alpha value is -1.93. The van der Waals surface area contributed by atoms with E-state index in [1.165, 1.54) is 0 Å². The first kappa shape index (κ1) is 14.0. The van der Waals surface area contributed by atoms with E-state index in [0.29, 0.717) is 23.8 Å². The molecule has 0 bridgehead atoms. The summed E-state index contributed by atoms with van der Waals surface area (Å²) in [6.07, 6.45) is 1.76. The van der Waals surface area contributed by atoms with Gasteiger partial charge in [0.15, 0.2) is 5.65 Å². The molecule has 3 heterocycles. The van der Waals surface area contributed by atoms with Crippen LogP contribution in [0.4, 0.5) is 5.82 Å². The van der Waals surface area contributed by atoms with Crippen LogP contribution in [0, 0.1) is 0 Å². The van der Waals surface area contributed by atoms with Gasteiger partial charge in [-0.05, 0) is 18.2 Å². The number of fused-ring (bicyclic) bond motifs is 3. The van der Waals surface area contributed by atoms with E-state index in [1.807, 2.05) is 16.5 Å². The molecule has 0 radical (unpaired) electrons. The normalized spacial score (nSPS) is 12.5. The summed E-state index contributed by atoms with van der Waals surface area (Å²) in [5.41, 5.74) is 8.20. The summed E-state index contributed by atoms with van der Waals surface area (Å²) in [7, 11) is -1.07. The van der Waals surface area contributed by atoms with Crippen molar-refractivity contribution in [3.8, 4) is 0 Å². The largest absolute Gasteiger partial charge is 0.385 e. The van der Waals surface area contributed by atoms with Gasteiger partial charge in [0, 0.05) is 14.7 Å². The Morgan fingerprint density at radius 3 is 2.81 bits per heavy atom. The van der Waals surface area contributed by atoms with Crippen LogP contribution < -0.4 is 5.73 Å². The minimum atomic E-state index is -1.07. The molecule has 0 spiro atoms.